The molecule has 0 bridgehead atoms. The Kier molecular flexibility index (Phi) is 3.93. The summed E-state index contributed by atoms with van der Waals surface area (Å²) >= 11 is 0. The van der Waals surface area contributed by atoms with E-state index in [0.717, 1.165) is 6.07 Å². The first-order valence-electron chi connectivity index (χ1n) is 4.46. The number of primary amides is 1. The molecule has 0 spiro atoms. The molecule has 0 saturated carbocycles. The first kappa shape index (κ1) is 14.0. The molecule has 1 amide bonds. The molecule has 10 heteroatoms. The summed E-state index contributed by atoms with van der Waals surface area (Å²) < 4.78 is 38.0. The Hall–Kier alpha value is -2.07. The first-order chi connectivity index (χ1) is 8.24. The summed E-state index contributed by atoms with van der Waals surface area (Å²) in [6, 6.07) is 2.06. The van der Waals surface area contributed by atoms with Gasteiger partial charge in [-0.15, -0.1) is 0 Å². The van der Waals surface area contributed by atoms with Gasteiger partial charge in [0, 0.05) is 12.1 Å². The Balaban J connectivity index is 3.08. The van der Waals surface area contributed by atoms with E-state index in [9.17, 15) is 27.7 Å². The Bertz CT molecular complexity index is 601. The standard InChI is InChI=1S/C8H8FN3O5S/c9-6-3-5(1-2-7(6)12(14)15)18(16,17)11-4-8(10)13/h1-3,11H,4H2,(H2,10,13). The van der Waals surface area contributed by atoms with Crippen LogP contribution in [0, 0.1) is 15.9 Å². The van der Waals surface area contributed by atoms with Crippen LogP contribution in [0.3, 0.4) is 0 Å². The molecule has 8 nitrogen and oxygen atoms in total. The van der Waals surface area contributed by atoms with Gasteiger partial charge in [0.1, 0.15) is 0 Å². The molecule has 1 aromatic rings. The molecule has 1 aromatic carbocycles. The number of rotatable bonds is 5. The normalized spacial score (nSPS) is 11.2. The molecule has 0 radical (unpaired) electrons. The van der Waals surface area contributed by atoms with Crippen LogP contribution in [0.5, 0.6) is 0 Å². The van der Waals surface area contributed by atoms with E-state index >= 15 is 0 Å². The van der Waals surface area contributed by atoms with Crippen molar-refractivity contribution in [1.82, 2.24) is 4.72 Å². The molecule has 0 unspecified atom stereocenters. The first-order valence-corrected chi connectivity index (χ1v) is 5.94. The van der Waals surface area contributed by atoms with E-state index in [-0.39, 0.29) is 0 Å². The summed E-state index contributed by atoms with van der Waals surface area (Å²) in [5.41, 5.74) is 3.90. The average molecular weight is 277 g/mol. The molecule has 3 N–H and O–H groups in total. The van der Waals surface area contributed by atoms with Gasteiger partial charge in [-0.2, -0.15) is 4.39 Å². The zero-order chi connectivity index (χ0) is 13.9. The van der Waals surface area contributed by atoms with Crippen LogP contribution in [0.15, 0.2) is 23.1 Å². The second-order valence-corrected chi connectivity index (χ2v) is 4.93. The fourth-order valence-corrected chi connectivity index (χ4v) is 2.06. The maximum absolute atomic E-state index is 13.2. The van der Waals surface area contributed by atoms with Gasteiger partial charge in [-0.05, 0) is 6.07 Å². The third-order valence-electron chi connectivity index (χ3n) is 1.86. The lowest BCUT2D eigenvalue weighted by atomic mass is 10.3. The van der Waals surface area contributed by atoms with E-state index < -0.39 is 43.8 Å². The molecule has 0 aliphatic carbocycles. The zero-order valence-corrected chi connectivity index (χ0v) is 9.61. The van der Waals surface area contributed by atoms with Crippen molar-refractivity contribution in [3.05, 3.63) is 34.1 Å². The minimum Gasteiger partial charge on any atom is -0.369 e. The van der Waals surface area contributed by atoms with Crippen LogP contribution in [0.4, 0.5) is 10.1 Å². The van der Waals surface area contributed by atoms with Gasteiger partial charge in [0.25, 0.3) is 0 Å². The van der Waals surface area contributed by atoms with Gasteiger partial charge >= 0.3 is 5.69 Å². The van der Waals surface area contributed by atoms with Crippen LogP contribution < -0.4 is 10.5 Å². The topological polar surface area (TPSA) is 132 Å². The van der Waals surface area contributed by atoms with Crippen molar-refractivity contribution in [3.63, 3.8) is 0 Å². The van der Waals surface area contributed by atoms with Crippen molar-refractivity contribution >= 4 is 21.6 Å². The summed E-state index contributed by atoms with van der Waals surface area (Å²) in [4.78, 5) is 19.2. The molecule has 0 aliphatic heterocycles. The number of nitrogens with zero attached hydrogens (tertiary/aromatic N) is 1. The van der Waals surface area contributed by atoms with E-state index in [1.165, 1.54) is 0 Å². The van der Waals surface area contributed by atoms with Crippen molar-refractivity contribution in [3.8, 4) is 0 Å². The Morgan fingerprint density at radius 3 is 2.56 bits per heavy atom. The summed E-state index contributed by atoms with van der Waals surface area (Å²) in [5.74, 6) is -2.21. The monoisotopic (exact) mass is 277 g/mol. The predicted octanol–water partition coefficient (Wildman–Crippen LogP) is -0.502. The maximum atomic E-state index is 13.2. The van der Waals surface area contributed by atoms with Gasteiger partial charge in [-0.1, -0.05) is 0 Å². The van der Waals surface area contributed by atoms with Gasteiger partial charge in [-0.3, -0.25) is 14.9 Å². The van der Waals surface area contributed by atoms with Crippen molar-refractivity contribution in [2.75, 3.05) is 6.54 Å². The van der Waals surface area contributed by atoms with E-state index in [4.69, 9.17) is 5.73 Å². The highest BCUT2D eigenvalue weighted by Crippen LogP contribution is 2.20. The molecule has 18 heavy (non-hydrogen) atoms. The highest BCUT2D eigenvalue weighted by atomic mass is 32.2. The number of carbonyl (C=O) groups is 1. The van der Waals surface area contributed by atoms with Crippen molar-refractivity contribution < 1.29 is 22.5 Å². The van der Waals surface area contributed by atoms with Gasteiger partial charge in [0.2, 0.25) is 21.7 Å². The van der Waals surface area contributed by atoms with Gasteiger partial charge in [0.05, 0.1) is 16.4 Å². The number of benzene rings is 1. The SMILES string of the molecule is NC(=O)CNS(=O)(=O)c1ccc([N+](=O)[O-])c(F)c1. The van der Waals surface area contributed by atoms with E-state index in [0.29, 0.717) is 12.1 Å². The quantitative estimate of drug-likeness (QED) is 0.553. The van der Waals surface area contributed by atoms with Gasteiger partial charge in [0.15, 0.2) is 0 Å². The Morgan fingerprint density at radius 1 is 1.50 bits per heavy atom. The summed E-state index contributed by atoms with van der Waals surface area (Å²) in [5, 5.41) is 10.3. The number of nitro benzene ring substituents is 1. The number of nitrogens with one attached hydrogen (secondary N) is 1. The molecule has 0 aliphatic rings. The number of halogens is 1. The molecule has 0 heterocycles. The highest BCUT2D eigenvalue weighted by molar-refractivity contribution is 7.89. The Labute approximate surface area is 101 Å². The van der Waals surface area contributed by atoms with Crippen molar-refractivity contribution in [2.45, 2.75) is 4.90 Å². The van der Waals surface area contributed by atoms with E-state index in [2.05, 4.69) is 0 Å². The number of carbonyl (C=O) groups excluding carboxylic acids is 1. The van der Waals surface area contributed by atoms with Gasteiger partial charge < -0.3 is 5.73 Å². The lowest BCUT2D eigenvalue weighted by Crippen LogP contribution is -2.33. The van der Waals surface area contributed by atoms with Crippen molar-refractivity contribution in [2.24, 2.45) is 5.73 Å². The largest absolute Gasteiger partial charge is 0.369 e. The fourth-order valence-electron chi connectivity index (χ4n) is 1.05. The van der Waals surface area contributed by atoms with Crippen LogP contribution >= 0.6 is 0 Å². The molecule has 0 fully saturated rings. The number of nitrogens with two attached hydrogens (primary N) is 1. The second-order valence-electron chi connectivity index (χ2n) is 3.16. The zero-order valence-electron chi connectivity index (χ0n) is 8.79. The van der Waals surface area contributed by atoms with Crippen LogP contribution in [-0.2, 0) is 14.8 Å². The summed E-state index contributed by atoms with van der Waals surface area (Å²) in [6.45, 7) is -0.652. The lowest BCUT2D eigenvalue weighted by molar-refractivity contribution is -0.387. The number of sulfonamides is 1. The smallest absolute Gasteiger partial charge is 0.304 e. The minimum atomic E-state index is -4.13. The number of hydrogen-bond acceptors (Lipinski definition) is 5. The highest BCUT2D eigenvalue weighted by Gasteiger charge is 2.20. The Morgan fingerprint density at radius 2 is 2.11 bits per heavy atom. The van der Waals surface area contributed by atoms with Crippen LogP contribution in [-0.4, -0.2) is 25.8 Å². The molecule has 1 rings (SSSR count). The maximum Gasteiger partial charge on any atom is 0.304 e. The molecule has 0 aromatic heterocycles. The van der Waals surface area contributed by atoms with Crippen LogP contribution in [0.25, 0.3) is 0 Å². The third kappa shape index (κ3) is 3.21. The summed E-state index contributed by atoms with van der Waals surface area (Å²) in [6.07, 6.45) is 0. The average Bonchev–Trinajstić information content (AvgIpc) is 2.26. The lowest BCUT2D eigenvalue weighted by Gasteiger charge is -2.04. The third-order valence-corrected chi connectivity index (χ3v) is 3.26. The van der Waals surface area contributed by atoms with E-state index in [1.807, 2.05) is 4.72 Å². The number of amides is 1. The number of hydrogen-bond donors (Lipinski definition) is 2. The predicted molar refractivity (Wildman–Crippen MR) is 57.4 cm³/mol. The molecule has 0 atom stereocenters. The van der Waals surface area contributed by atoms with E-state index in [1.54, 1.807) is 0 Å². The molecular weight excluding hydrogens is 269 g/mol. The molecular formula is C8H8FN3O5S. The fraction of sp³-hybridized carbons (Fsp3) is 0.125. The van der Waals surface area contributed by atoms with Crippen LogP contribution in [0.1, 0.15) is 0 Å². The van der Waals surface area contributed by atoms with Gasteiger partial charge in [-0.25, -0.2) is 13.1 Å². The minimum absolute atomic E-state index is 0.488. The number of nitro groups is 1. The molecule has 98 valence electrons. The summed E-state index contributed by atoms with van der Waals surface area (Å²) in [7, 11) is -4.13. The second kappa shape index (κ2) is 5.06. The van der Waals surface area contributed by atoms with Crippen molar-refractivity contribution in [1.29, 1.82) is 0 Å². The molecule has 0 saturated heterocycles. The van der Waals surface area contributed by atoms with Crippen LogP contribution in [0.2, 0.25) is 0 Å².